The highest BCUT2D eigenvalue weighted by Crippen LogP contribution is 2.23. The third-order valence-corrected chi connectivity index (χ3v) is 4.26. The van der Waals surface area contributed by atoms with Gasteiger partial charge in [-0.2, -0.15) is 0 Å². The Morgan fingerprint density at radius 2 is 2.06 bits per heavy atom. The molecule has 0 bridgehead atoms. The summed E-state index contributed by atoms with van der Waals surface area (Å²) in [7, 11) is 0. The molecule has 0 saturated heterocycles. The molecule has 0 radical (unpaired) electrons. The Kier molecular flexibility index (Phi) is 4.74. The molecular formula is C12H7Br2IN2O. The Labute approximate surface area is 135 Å². The van der Waals surface area contributed by atoms with Crippen molar-refractivity contribution in [3.05, 3.63) is 54.7 Å². The molecule has 18 heavy (non-hydrogen) atoms. The first-order valence-electron chi connectivity index (χ1n) is 4.94. The van der Waals surface area contributed by atoms with E-state index in [4.69, 9.17) is 0 Å². The van der Waals surface area contributed by atoms with Crippen LogP contribution in [0.5, 0.6) is 0 Å². The van der Waals surface area contributed by atoms with E-state index in [2.05, 4.69) is 64.8 Å². The molecular weight excluding hydrogens is 475 g/mol. The van der Waals surface area contributed by atoms with E-state index in [1.165, 1.54) is 0 Å². The Hall–Kier alpha value is -0.470. The van der Waals surface area contributed by atoms with Gasteiger partial charge in [0, 0.05) is 20.4 Å². The van der Waals surface area contributed by atoms with Crippen LogP contribution in [0.3, 0.4) is 0 Å². The number of anilines is 1. The van der Waals surface area contributed by atoms with Crippen molar-refractivity contribution in [2.45, 2.75) is 0 Å². The summed E-state index contributed by atoms with van der Waals surface area (Å²) in [4.78, 5) is 16.1. The van der Waals surface area contributed by atoms with Crippen molar-refractivity contribution in [1.29, 1.82) is 0 Å². The fourth-order valence-corrected chi connectivity index (χ4v) is 2.63. The second kappa shape index (κ2) is 6.12. The number of hydrogen-bond donors (Lipinski definition) is 1. The van der Waals surface area contributed by atoms with Gasteiger partial charge in [0.2, 0.25) is 0 Å². The van der Waals surface area contributed by atoms with Crippen LogP contribution in [0.15, 0.2) is 45.6 Å². The van der Waals surface area contributed by atoms with Crippen LogP contribution in [-0.4, -0.2) is 10.9 Å². The molecule has 6 heteroatoms. The molecule has 0 aliphatic heterocycles. The molecule has 0 atom stereocenters. The minimum absolute atomic E-state index is 0.146. The molecule has 0 aliphatic rings. The fraction of sp³-hybridized carbons (Fsp3) is 0. The summed E-state index contributed by atoms with van der Waals surface area (Å²) in [5.74, 6) is -0.146. The summed E-state index contributed by atoms with van der Waals surface area (Å²) in [5.41, 5.74) is 1.33. The molecule has 0 fully saturated rings. The van der Waals surface area contributed by atoms with Crippen LogP contribution in [0.1, 0.15) is 10.4 Å². The highest BCUT2D eigenvalue weighted by atomic mass is 127. The van der Waals surface area contributed by atoms with Crippen molar-refractivity contribution in [3.8, 4) is 0 Å². The monoisotopic (exact) mass is 480 g/mol. The Morgan fingerprint density at radius 1 is 1.28 bits per heavy atom. The molecule has 2 rings (SSSR count). The van der Waals surface area contributed by atoms with Crippen molar-refractivity contribution in [2.75, 3.05) is 5.32 Å². The van der Waals surface area contributed by atoms with Gasteiger partial charge in [0.15, 0.2) is 0 Å². The number of halogens is 3. The van der Waals surface area contributed by atoms with E-state index in [0.717, 1.165) is 12.5 Å². The van der Waals surface area contributed by atoms with Crippen LogP contribution < -0.4 is 5.32 Å². The lowest BCUT2D eigenvalue weighted by atomic mass is 10.2. The average molecular weight is 482 g/mol. The van der Waals surface area contributed by atoms with Crippen LogP contribution in [0, 0.1) is 3.57 Å². The van der Waals surface area contributed by atoms with E-state index >= 15 is 0 Å². The predicted octanol–water partition coefficient (Wildman–Crippen LogP) is 4.46. The molecule has 0 spiro atoms. The smallest absolute Gasteiger partial charge is 0.256 e. The van der Waals surface area contributed by atoms with E-state index in [1.807, 2.05) is 12.1 Å². The zero-order valence-electron chi connectivity index (χ0n) is 8.95. The molecule has 0 unspecified atom stereocenters. The number of nitrogens with zero attached hydrogens (tertiary/aromatic N) is 1. The Morgan fingerprint density at radius 3 is 2.78 bits per heavy atom. The number of rotatable bonds is 2. The number of nitrogens with one attached hydrogen (secondary N) is 1. The number of carbonyl (C=O) groups is 1. The van der Waals surface area contributed by atoms with Gasteiger partial charge in [0.25, 0.3) is 5.91 Å². The number of aromatic nitrogens is 1. The molecule has 1 N–H and O–H groups in total. The van der Waals surface area contributed by atoms with Crippen LogP contribution in [-0.2, 0) is 0 Å². The third-order valence-electron chi connectivity index (χ3n) is 2.19. The summed E-state index contributed by atoms with van der Waals surface area (Å²) in [5, 5.41) is 2.84. The minimum Gasteiger partial charge on any atom is -0.321 e. The number of pyridine rings is 1. The minimum atomic E-state index is -0.146. The highest BCUT2D eigenvalue weighted by Gasteiger charge is 2.12. The predicted molar refractivity (Wildman–Crippen MR) is 86.7 cm³/mol. The maximum Gasteiger partial charge on any atom is 0.256 e. The number of benzene rings is 1. The molecule has 0 aliphatic carbocycles. The summed E-state index contributed by atoms with van der Waals surface area (Å²) in [6.07, 6.45) is 3.27. The van der Waals surface area contributed by atoms with Gasteiger partial charge >= 0.3 is 0 Å². The maximum atomic E-state index is 12.2. The first-order valence-corrected chi connectivity index (χ1v) is 7.60. The maximum absolute atomic E-state index is 12.2. The topological polar surface area (TPSA) is 42.0 Å². The van der Waals surface area contributed by atoms with Gasteiger partial charge in [0.1, 0.15) is 0 Å². The summed E-state index contributed by atoms with van der Waals surface area (Å²) in [6.45, 7) is 0. The zero-order chi connectivity index (χ0) is 13.1. The molecule has 1 aromatic heterocycles. The van der Waals surface area contributed by atoms with E-state index in [-0.39, 0.29) is 5.91 Å². The van der Waals surface area contributed by atoms with Crippen molar-refractivity contribution in [3.63, 3.8) is 0 Å². The van der Waals surface area contributed by atoms with Gasteiger partial charge in [-0.1, -0.05) is 15.9 Å². The second-order valence-corrected chi connectivity index (χ2v) is 6.37. The Bertz CT molecular complexity index is 604. The molecule has 3 nitrogen and oxygen atoms in total. The normalized spacial score (nSPS) is 10.2. The largest absolute Gasteiger partial charge is 0.321 e. The van der Waals surface area contributed by atoms with Gasteiger partial charge in [0.05, 0.1) is 15.7 Å². The lowest BCUT2D eigenvalue weighted by Gasteiger charge is -2.08. The first-order chi connectivity index (χ1) is 8.58. The van der Waals surface area contributed by atoms with Gasteiger partial charge in [-0.05, 0) is 62.8 Å². The molecule has 1 aromatic carbocycles. The van der Waals surface area contributed by atoms with Crippen molar-refractivity contribution in [2.24, 2.45) is 0 Å². The van der Waals surface area contributed by atoms with Gasteiger partial charge in [-0.3, -0.25) is 9.78 Å². The third kappa shape index (κ3) is 3.30. The van der Waals surface area contributed by atoms with Crippen molar-refractivity contribution < 1.29 is 4.79 Å². The van der Waals surface area contributed by atoms with E-state index < -0.39 is 0 Å². The van der Waals surface area contributed by atoms with Crippen LogP contribution >= 0.6 is 54.5 Å². The van der Waals surface area contributed by atoms with Crippen LogP contribution in [0.2, 0.25) is 0 Å². The van der Waals surface area contributed by atoms with E-state index in [1.54, 1.807) is 24.5 Å². The SMILES string of the molecule is O=C(Nc1ccncc1Br)c1cc(Br)ccc1I. The lowest BCUT2D eigenvalue weighted by molar-refractivity contribution is 0.102. The summed E-state index contributed by atoms with van der Waals surface area (Å²) >= 11 is 8.84. The summed E-state index contributed by atoms with van der Waals surface area (Å²) in [6, 6.07) is 7.33. The standard InChI is InChI=1S/C12H7Br2IN2O/c13-7-1-2-10(15)8(5-7)12(18)17-11-3-4-16-6-9(11)14/h1-6H,(H,16,17,18). The number of carbonyl (C=O) groups excluding carboxylic acids is 1. The molecule has 92 valence electrons. The molecule has 2 aromatic rings. The average Bonchev–Trinajstić information content (AvgIpc) is 2.35. The molecule has 1 heterocycles. The zero-order valence-corrected chi connectivity index (χ0v) is 14.3. The number of amides is 1. The fourth-order valence-electron chi connectivity index (χ4n) is 1.34. The van der Waals surface area contributed by atoms with Crippen molar-refractivity contribution in [1.82, 2.24) is 4.98 Å². The van der Waals surface area contributed by atoms with Gasteiger partial charge in [-0.15, -0.1) is 0 Å². The lowest BCUT2D eigenvalue weighted by Crippen LogP contribution is -2.13. The van der Waals surface area contributed by atoms with E-state index in [9.17, 15) is 4.79 Å². The second-order valence-electron chi connectivity index (χ2n) is 3.43. The summed E-state index contributed by atoms with van der Waals surface area (Å²) < 4.78 is 2.53. The van der Waals surface area contributed by atoms with Crippen molar-refractivity contribution >= 4 is 66.0 Å². The number of hydrogen-bond acceptors (Lipinski definition) is 2. The molecule has 0 saturated carbocycles. The van der Waals surface area contributed by atoms with Crippen LogP contribution in [0.4, 0.5) is 5.69 Å². The van der Waals surface area contributed by atoms with Gasteiger partial charge < -0.3 is 5.32 Å². The molecule has 1 amide bonds. The van der Waals surface area contributed by atoms with Crippen LogP contribution in [0.25, 0.3) is 0 Å². The van der Waals surface area contributed by atoms with Gasteiger partial charge in [-0.25, -0.2) is 0 Å². The first kappa shape index (κ1) is 14.0. The quantitative estimate of drug-likeness (QED) is 0.643. The Balaban J connectivity index is 2.28. The highest BCUT2D eigenvalue weighted by molar-refractivity contribution is 14.1. The van der Waals surface area contributed by atoms with E-state index in [0.29, 0.717) is 11.3 Å².